The van der Waals surface area contributed by atoms with Crippen molar-refractivity contribution >= 4 is 15.9 Å². The van der Waals surface area contributed by atoms with Crippen molar-refractivity contribution in [2.24, 2.45) is 0 Å². The van der Waals surface area contributed by atoms with Crippen molar-refractivity contribution in [3.8, 4) is 0 Å². The molecule has 0 saturated carbocycles. The number of rotatable bonds is 2. The van der Waals surface area contributed by atoms with Gasteiger partial charge in [0.15, 0.2) is 0 Å². The molecule has 0 amide bonds. The third-order valence-electron chi connectivity index (χ3n) is 2.26. The Labute approximate surface area is 95.6 Å². The lowest BCUT2D eigenvalue weighted by Gasteiger charge is -2.21. The second-order valence-corrected chi connectivity index (χ2v) is 4.69. The summed E-state index contributed by atoms with van der Waals surface area (Å²) in [6.07, 6.45) is 0. The molecule has 0 spiro atoms. The van der Waals surface area contributed by atoms with E-state index < -0.39 is 16.6 Å². The molecule has 4 heteroatoms. The van der Waals surface area contributed by atoms with Crippen molar-refractivity contribution in [3.05, 3.63) is 34.6 Å². The maximum absolute atomic E-state index is 13.1. The first-order chi connectivity index (χ1) is 6.73. The summed E-state index contributed by atoms with van der Waals surface area (Å²) in [7, 11) is 0. The molecule has 0 nitrogen and oxygen atoms in total. The van der Waals surface area contributed by atoms with Gasteiger partial charge in [0, 0.05) is 6.92 Å². The average Bonchev–Trinajstić information content (AvgIpc) is 1.99. The van der Waals surface area contributed by atoms with Crippen molar-refractivity contribution in [3.63, 3.8) is 0 Å². The van der Waals surface area contributed by atoms with Crippen LogP contribution in [0, 0.1) is 19.7 Å². The van der Waals surface area contributed by atoms with Gasteiger partial charge in [0.2, 0.25) is 0 Å². The highest BCUT2D eigenvalue weighted by atomic mass is 79.9. The quantitative estimate of drug-likeness (QED) is 0.698. The Bertz CT molecular complexity index is 346. The van der Waals surface area contributed by atoms with E-state index in [-0.39, 0.29) is 0 Å². The van der Waals surface area contributed by atoms with Crippen molar-refractivity contribution in [1.82, 2.24) is 0 Å². The standard InChI is InChI=1S/C11H12BrF3/c1-6-4-8(13)5-7(2)9(6)10(12)11(3,14)15/h4-5,10H,1-3H3. The Morgan fingerprint density at radius 3 is 1.93 bits per heavy atom. The number of hydrogen-bond acceptors (Lipinski definition) is 0. The van der Waals surface area contributed by atoms with Crippen LogP contribution in [0.2, 0.25) is 0 Å². The molecule has 1 aromatic rings. The predicted octanol–water partition coefficient (Wildman–Crippen LogP) is 4.53. The molecule has 0 aromatic heterocycles. The molecule has 0 saturated heterocycles. The molecule has 0 aliphatic carbocycles. The summed E-state index contributed by atoms with van der Waals surface area (Å²) >= 11 is 2.96. The van der Waals surface area contributed by atoms with Gasteiger partial charge < -0.3 is 0 Å². The molecule has 0 bridgehead atoms. The van der Waals surface area contributed by atoms with E-state index in [1.165, 1.54) is 12.1 Å². The summed E-state index contributed by atoms with van der Waals surface area (Å²) in [6, 6.07) is 2.53. The van der Waals surface area contributed by atoms with Gasteiger partial charge in [0.05, 0.1) is 0 Å². The van der Waals surface area contributed by atoms with Gasteiger partial charge in [-0.25, -0.2) is 13.2 Å². The molecule has 0 N–H and O–H groups in total. The molecule has 0 aliphatic rings. The molecule has 0 aliphatic heterocycles. The lowest BCUT2D eigenvalue weighted by atomic mass is 9.97. The third-order valence-corrected chi connectivity index (χ3v) is 3.52. The minimum absolute atomic E-state index is 0.395. The summed E-state index contributed by atoms with van der Waals surface area (Å²) in [5, 5.41) is 0. The second-order valence-electron chi connectivity index (χ2n) is 3.77. The highest BCUT2D eigenvalue weighted by molar-refractivity contribution is 9.09. The molecule has 0 fully saturated rings. The van der Waals surface area contributed by atoms with Gasteiger partial charge in [-0.05, 0) is 42.7 Å². The van der Waals surface area contributed by atoms with E-state index in [4.69, 9.17) is 0 Å². The van der Waals surface area contributed by atoms with Crippen molar-refractivity contribution in [2.75, 3.05) is 0 Å². The fourth-order valence-electron chi connectivity index (χ4n) is 1.58. The van der Waals surface area contributed by atoms with Gasteiger partial charge in [0.1, 0.15) is 10.6 Å². The van der Waals surface area contributed by atoms with Gasteiger partial charge >= 0.3 is 0 Å². The van der Waals surface area contributed by atoms with Crippen LogP contribution in [-0.2, 0) is 0 Å². The van der Waals surface area contributed by atoms with Crippen molar-refractivity contribution < 1.29 is 13.2 Å². The molecule has 0 radical (unpaired) electrons. The van der Waals surface area contributed by atoms with E-state index in [9.17, 15) is 13.2 Å². The SMILES string of the molecule is Cc1cc(F)cc(C)c1C(Br)C(C)(F)F. The zero-order valence-corrected chi connectivity index (χ0v) is 10.3. The van der Waals surface area contributed by atoms with E-state index in [0.717, 1.165) is 6.92 Å². The lowest BCUT2D eigenvalue weighted by Crippen LogP contribution is -2.19. The molecule has 1 rings (SSSR count). The summed E-state index contributed by atoms with van der Waals surface area (Å²) < 4.78 is 39.2. The van der Waals surface area contributed by atoms with Crippen molar-refractivity contribution in [2.45, 2.75) is 31.5 Å². The van der Waals surface area contributed by atoms with E-state index in [0.29, 0.717) is 16.7 Å². The first-order valence-electron chi connectivity index (χ1n) is 4.52. The average molecular weight is 281 g/mol. The predicted molar refractivity (Wildman–Crippen MR) is 58.2 cm³/mol. The number of alkyl halides is 3. The molecule has 1 unspecified atom stereocenters. The number of halogens is 4. The lowest BCUT2D eigenvalue weighted by molar-refractivity contribution is 0.0209. The normalized spacial score (nSPS) is 14.1. The molecular formula is C11H12BrF3. The van der Waals surface area contributed by atoms with Crippen LogP contribution in [-0.4, -0.2) is 5.92 Å². The highest BCUT2D eigenvalue weighted by Gasteiger charge is 2.35. The Morgan fingerprint density at radius 2 is 1.60 bits per heavy atom. The van der Waals surface area contributed by atoms with Crippen molar-refractivity contribution in [1.29, 1.82) is 0 Å². The van der Waals surface area contributed by atoms with Crippen LogP contribution < -0.4 is 0 Å². The Hall–Kier alpha value is -0.510. The van der Waals surface area contributed by atoms with Crippen LogP contribution in [0.5, 0.6) is 0 Å². The van der Waals surface area contributed by atoms with Gasteiger partial charge in [-0.2, -0.15) is 0 Å². The largest absolute Gasteiger partial charge is 0.261 e. The van der Waals surface area contributed by atoms with Crippen LogP contribution in [0.3, 0.4) is 0 Å². The minimum atomic E-state index is -2.87. The minimum Gasteiger partial charge on any atom is -0.207 e. The highest BCUT2D eigenvalue weighted by Crippen LogP contribution is 2.41. The van der Waals surface area contributed by atoms with E-state index >= 15 is 0 Å². The van der Waals surface area contributed by atoms with Gasteiger partial charge in [-0.1, -0.05) is 15.9 Å². The molecular weight excluding hydrogens is 269 g/mol. The maximum atomic E-state index is 13.1. The van der Waals surface area contributed by atoms with E-state index in [1.54, 1.807) is 13.8 Å². The molecule has 1 aromatic carbocycles. The smallest absolute Gasteiger partial charge is 0.207 e. The van der Waals surface area contributed by atoms with Crippen LogP contribution in [0.1, 0.15) is 28.4 Å². The maximum Gasteiger partial charge on any atom is 0.261 e. The van der Waals surface area contributed by atoms with E-state index in [1.807, 2.05) is 0 Å². The van der Waals surface area contributed by atoms with Crippen LogP contribution in [0.25, 0.3) is 0 Å². The third kappa shape index (κ3) is 2.74. The van der Waals surface area contributed by atoms with Crippen LogP contribution in [0.4, 0.5) is 13.2 Å². The monoisotopic (exact) mass is 280 g/mol. The first-order valence-corrected chi connectivity index (χ1v) is 5.43. The summed E-state index contributed by atoms with van der Waals surface area (Å²) in [5.74, 6) is -3.26. The van der Waals surface area contributed by atoms with Gasteiger partial charge in [-0.3, -0.25) is 0 Å². The van der Waals surface area contributed by atoms with Gasteiger partial charge in [-0.15, -0.1) is 0 Å². The second kappa shape index (κ2) is 4.16. The topological polar surface area (TPSA) is 0 Å². The van der Waals surface area contributed by atoms with Crippen LogP contribution >= 0.6 is 15.9 Å². The molecule has 1 atom stereocenters. The Morgan fingerprint density at radius 1 is 1.20 bits per heavy atom. The number of benzene rings is 1. The molecule has 84 valence electrons. The van der Waals surface area contributed by atoms with Gasteiger partial charge in [0.25, 0.3) is 5.92 Å². The number of hydrogen-bond donors (Lipinski definition) is 0. The first kappa shape index (κ1) is 12.6. The van der Waals surface area contributed by atoms with Crippen LogP contribution in [0.15, 0.2) is 12.1 Å². The zero-order valence-electron chi connectivity index (χ0n) is 8.74. The number of aryl methyl sites for hydroxylation is 2. The van der Waals surface area contributed by atoms with E-state index in [2.05, 4.69) is 15.9 Å². The molecule has 15 heavy (non-hydrogen) atoms. The zero-order chi connectivity index (χ0) is 11.8. The Balaban J connectivity index is 3.26. The summed E-state index contributed by atoms with van der Waals surface area (Å²) in [5.41, 5.74) is 1.54. The summed E-state index contributed by atoms with van der Waals surface area (Å²) in [4.78, 5) is -1.08. The Kier molecular flexibility index (Phi) is 3.48. The fourth-order valence-corrected chi connectivity index (χ4v) is 2.30. The molecule has 0 heterocycles. The fraction of sp³-hybridized carbons (Fsp3) is 0.455. The summed E-state index contributed by atoms with van der Waals surface area (Å²) in [6.45, 7) is 4.10.